The molecule has 1 aromatic rings. The lowest BCUT2D eigenvalue weighted by Crippen LogP contribution is -2.24. The monoisotopic (exact) mass is 273 g/mol. The third kappa shape index (κ3) is 4.34. The van der Waals surface area contributed by atoms with Crippen molar-refractivity contribution in [3.63, 3.8) is 0 Å². The number of hydrogen-bond donors (Lipinski definition) is 1. The summed E-state index contributed by atoms with van der Waals surface area (Å²) < 4.78 is 0. The van der Waals surface area contributed by atoms with Gasteiger partial charge in [0.15, 0.2) is 0 Å². The van der Waals surface area contributed by atoms with Gasteiger partial charge in [0, 0.05) is 6.04 Å². The van der Waals surface area contributed by atoms with Gasteiger partial charge >= 0.3 is 0 Å². The van der Waals surface area contributed by atoms with Crippen LogP contribution in [0.1, 0.15) is 82.4 Å². The summed E-state index contributed by atoms with van der Waals surface area (Å²) in [5.74, 6) is 1.56. The SMILES string of the molecule is CCCNC(CC1CCCC1)c1ccc(C(C)C)cc1. The van der Waals surface area contributed by atoms with Gasteiger partial charge in [-0.05, 0) is 42.3 Å². The van der Waals surface area contributed by atoms with E-state index in [9.17, 15) is 0 Å². The fourth-order valence-electron chi connectivity index (χ4n) is 3.35. The van der Waals surface area contributed by atoms with E-state index in [0.29, 0.717) is 12.0 Å². The largest absolute Gasteiger partial charge is 0.310 e. The quantitative estimate of drug-likeness (QED) is 0.698. The highest BCUT2D eigenvalue weighted by Crippen LogP contribution is 2.33. The van der Waals surface area contributed by atoms with Crippen LogP contribution in [0.2, 0.25) is 0 Å². The zero-order chi connectivity index (χ0) is 14.4. The zero-order valence-electron chi connectivity index (χ0n) is 13.5. The maximum absolute atomic E-state index is 3.76. The van der Waals surface area contributed by atoms with E-state index < -0.39 is 0 Å². The molecule has 0 bridgehead atoms. The van der Waals surface area contributed by atoms with Crippen molar-refractivity contribution in [1.29, 1.82) is 0 Å². The van der Waals surface area contributed by atoms with Crippen LogP contribution in [0.25, 0.3) is 0 Å². The van der Waals surface area contributed by atoms with Crippen LogP contribution in [0.4, 0.5) is 0 Å². The predicted molar refractivity (Wildman–Crippen MR) is 88.1 cm³/mol. The molecule has 112 valence electrons. The van der Waals surface area contributed by atoms with Gasteiger partial charge in [0.2, 0.25) is 0 Å². The Morgan fingerprint density at radius 1 is 1.05 bits per heavy atom. The molecule has 0 heterocycles. The molecular formula is C19H31N. The molecule has 1 N–H and O–H groups in total. The lowest BCUT2D eigenvalue weighted by molar-refractivity contribution is 0.395. The first-order valence-corrected chi connectivity index (χ1v) is 8.54. The van der Waals surface area contributed by atoms with Crippen molar-refractivity contribution in [2.75, 3.05) is 6.54 Å². The molecule has 1 aromatic carbocycles. The van der Waals surface area contributed by atoms with E-state index in [2.05, 4.69) is 50.4 Å². The van der Waals surface area contributed by atoms with Crippen LogP contribution in [0.5, 0.6) is 0 Å². The lowest BCUT2D eigenvalue weighted by atomic mass is 9.92. The van der Waals surface area contributed by atoms with Crippen molar-refractivity contribution in [2.24, 2.45) is 5.92 Å². The zero-order valence-corrected chi connectivity index (χ0v) is 13.5. The van der Waals surface area contributed by atoms with Crippen molar-refractivity contribution in [3.05, 3.63) is 35.4 Å². The molecule has 20 heavy (non-hydrogen) atoms. The van der Waals surface area contributed by atoms with Gasteiger partial charge in [0.05, 0.1) is 0 Å². The van der Waals surface area contributed by atoms with Gasteiger partial charge in [-0.25, -0.2) is 0 Å². The van der Waals surface area contributed by atoms with Gasteiger partial charge in [0.1, 0.15) is 0 Å². The normalized spacial score (nSPS) is 17.8. The van der Waals surface area contributed by atoms with Gasteiger partial charge in [-0.1, -0.05) is 70.7 Å². The molecule has 0 aromatic heterocycles. The predicted octanol–water partition coefficient (Wildman–Crippen LogP) is 5.43. The highest BCUT2D eigenvalue weighted by Gasteiger charge is 2.20. The van der Waals surface area contributed by atoms with Gasteiger partial charge in [-0.2, -0.15) is 0 Å². The minimum Gasteiger partial charge on any atom is -0.310 e. The molecule has 0 saturated heterocycles. The molecular weight excluding hydrogens is 242 g/mol. The maximum Gasteiger partial charge on any atom is 0.0322 e. The molecule has 1 saturated carbocycles. The van der Waals surface area contributed by atoms with Gasteiger partial charge < -0.3 is 5.32 Å². The highest BCUT2D eigenvalue weighted by molar-refractivity contribution is 5.27. The molecule has 1 heteroatoms. The second-order valence-electron chi connectivity index (χ2n) is 6.71. The molecule has 1 fully saturated rings. The van der Waals surface area contributed by atoms with Gasteiger partial charge in [-0.3, -0.25) is 0 Å². The lowest BCUT2D eigenvalue weighted by Gasteiger charge is -2.23. The average Bonchev–Trinajstić information content (AvgIpc) is 2.96. The minimum atomic E-state index is 0.555. The topological polar surface area (TPSA) is 12.0 Å². The summed E-state index contributed by atoms with van der Waals surface area (Å²) in [4.78, 5) is 0. The van der Waals surface area contributed by atoms with Crippen LogP contribution >= 0.6 is 0 Å². The summed E-state index contributed by atoms with van der Waals surface area (Å²) in [6.45, 7) is 7.91. The molecule has 0 aliphatic heterocycles. The van der Waals surface area contributed by atoms with E-state index in [1.54, 1.807) is 0 Å². The van der Waals surface area contributed by atoms with E-state index in [-0.39, 0.29) is 0 Å². The average molecular weight is 273 g/mol. The first-order chi connectivity index (χ1) is 9.70. The van der Waals surface area contributed by atoms with Crippen LogP contribution in [0.3, 0.4) is 0 Å². The molecule has 2 rings (SSSR count). The van der Waals surface area contributed by atoms with E-state index in [4.69, 9.17) is 0 Å². The number of benzene rings is 1. The summed E-state index contributed by atoms with van der Waals surface area (Å²) >= 11 is 0. The number of hydrogen-bond acceptors (Lipinski definition) is 1. The van der Waals surface area contributed by atoms with Crippen molar-refractivity contribution < 1.29 is 0 Å². The van der Waals surface area contributed by atoms with Gasteiger partial charge in [-0.15, -0.1) is 0 Å². The smallest absolute Gasteiger partial charge is 0.0322 e. The molecule has 1 atom stereocenters. The second-order valence-corrected chi connectivity index (χ2v) is 6.71. The molecule has 1 nitrogen and oxygen atoms in total. The van der Waals surface area contributed by atoms with Gasteiger partial charge in [0.25, 0.3) is 0 Å². The first kappa shape index (κ1) is 15.6. The third-order valence-corrected chi connectivity index (χ3v) is 4.69. The molecule has 1 aliphatic rings. The molecule has 0 radical (unpaired) electrons. The van der Waals surface area contributed by atoms with Crippen LogP contribution in [0.15, 0.2) is 24.3 Å². The number of nitrogens with one attached hydrogen (secondary N) is 1. The van der Waals surface area contributed by atoms with Crippen molar-refractivity contribution >= 4 is 0 Å². The fraction of sp³-hybridized carbons (Fsp3) is 0.684. The molecule has 1 aliphatic carbocycles. The first-order valence-electron chi connectivity index (χ1n) is 8.54. The van der Waals surface area contributed by atoms with Crippen LogP contribution in [-0.2, 0) is 0 Å². The molecule has 1 unspecified atom stereocenters. The molecule has 0 amide bonds. The van der Waals surface area contributed by atoms with E-state index >= 15 is 0 Å². The van der Waals surface area contributed by atoms with Crippen molar-refractivity contribution in [1.82, 2.24) is 5.32 Å². The van der Waals surface area contributed by atoms with Crippen LogP contribution in [0, 0.1) is 5.92 Å². The Labute approximate surface area is 125 Å². The maximum atomic E-state index is 3.76. The Morgan fingerprint density at radius 2 is 1.65 bits per heavy atom. The standard InChI is InChI=1S/C19H31N/c1-4-13-20-19(14-16-7-5-6-8-16)18-11-9-17(10-12-18)15(2)3/h9-12,15-16,19-20H,4-8,13-14H2,1-3H3. The molecule has 0 spiro atoms. The highest BCUT2D eigenvalue weighted by atomic mass is 14.9. The Hall–Kier alpha value is -0.820. The summed E-state index contributed by atoms with van der Waals surface area (Å²) in [5.41, 5.74) is 2.93. The van der Waals surface area contributed by atoms with E-state index in [0.717, 1.165) is 12.5 Å². The number of rotatable bonds is 7. The third-order valence-electron chi connectivity index (χ3n) is 4.69. The van der Waals surface area contributed by atoms with Crippen LogP contribution < -0.4 is 5.32 Å². The van der Waals surface area contributed by atoms with Crippen molar-refractivity contribution in [3.8, 4) is 0 Å². The summed E-state index contributed by atoms with van der Waals surface area (Å²) in [7, 11) is 0. The van der Waals surface area contributed by atoms with Crippen LogP contribution in [-0.4, -0.2) is 6.54 Å². The van der Waals surface area contributed by atoms with E-state index in [1.165, 1.54) is 49.7 Å². The summed E-state index contributed by atoms with van der Waals surface area (Å²) in [5, 5.41) is 3.76. The summed E-state index contributed by atoms with van der Waals surface area (Å²) in [6.07, 6.45) is 8.30. The Morgan fingerprint density at radius 3 is 2.20 bits per heavy atom. The second kappa shape index (κ2) is 7.83. The Bertz CT molecular complexity index is 373. The van der Waals surface area contributed by atoms with E-state index in [1.807, 2.05) is 0 Å². The Balaban J connectivity index is 2.03. The summed E-state index contributed by atoms with van der Waals surface area (Å²) in [6, 6.07) is 9.87. The Kier molecular flexibility index (Phi) is 6.09. The van der Waals surface area contributed by atoms with Crippen molar-refractivity contribution in [2.45, 2.75) is 71.3 Å². The fourth-order valence-corrected chi connectivity index (χ4v) is 3.35. The minimum absolute atomic E-state index is 0.555.